The van der Waals surface area contributed by atoms with Gasteiger partial charge in [-0.3, -0.25) is 4.68 Å². The van der Waals surface area contributed by atoms with Crippen LogP contribution in [-0.2, 0) is 12.6 Å². The predicted octanol–water partition coefficient (Wildman–Crippen LogP) is 1.71. The first-order valence-electron chi connectivity index (χ1n) is 10.0. The average molecular weight is 385 g/mol. The maximum Gasteiger partial charge on any atom is 0.191 e. The molecule has 7 nitrogen and oxygen atoms in total. The zero-order valence-corrected chi connectivity index (χ0v) is 17.1. The summed E-state index contributed by atoms with van der Waals surface area (Å²) in [6, 6.07) is 10.6. The molecule has 152 valence electrons. The summed E-state index contributed by atoms with van der Waals surface area (Å²) in [7, 11) is 1.84. The van der Waals surface area contributed by atoms with Gasteiger partial charge in [0.2, 0.25) is 0 Å². The van der Waals surface area contributed by atoms with Crippen LogP contribution < -0.4 is 15.5 Å². The van der Waals surface area contributed by atoms with E-state index >= 15 is 0 Å². The number of hydrogen-bond donors (Lipinski definition) is 3. The molecule has 0 radical (unpaired) electrons. The van der Waals surface area contributed by atoms with Crippen LogP contribution in [0.3, 0.4) is 0 Å². The first kappa shape index (κ1) is 20.2. The summed E-state index contributed by atoms with van der Waals surface area (Å²) in [5.74, 6) is 1.31. The number of aliphatic imine (C=N–C) groups is 1. The Balaban J connectivity index is 1.54. The number of aliphatic hydroxyl groups is 1. The van der Waals surface area contributed by atoms with E-state index in [0.717, 1.165) is 44.1 Å². The molecule has 2 atom stereocenters. The van der Waals surface area contributed by atoms with Crippen molar-refractivity contribution in [2.24, 2.45) is 18.0 Å². The molecule has 2 aromatic rings. The molecular weight excluding hydrogens is 352 g/mol. The molecule has 0 bridgehead atoms. The molecule has 3 rings (SSSR count). The van der Waals surface area contributed by atoms with Gasteiger partial charge in [-0.05, 0) is 38.3 Å². The highest BCUT2D eigenvalue weighted by Crippen LogP contribution is 2.23. The van der Waals surface area contributed by atoms with Crippen LogP contribution in [0.4, 0.5) is 5.69 Å². The van der Waals surface area contributed by atoms with E-state index in [-0.39, 0.29) is 6.54 Å². The van der Waals surface area contributed by atoms with Gasteiger partial charge in [0.05, 0.1) is 12.7 Å². The predicted molar refractivity (Wildman–Crippen MR) is 114 cm³/mol. The standard InChI is InChI=1S/C21H32N6O/c1-4-22-20(24-16-21(2,28)18-13-25-26(3)15-18)23-12-17-10-11-27(14-17)19-8-6-5-7-9-19/h5-9,13,15,17,28H,4,10-12,14,16H2,1-3H3,(H2,22,23,24). The molecule has 3 N–H and O–H groups in total. The van der Waals surface area contributed by atoms with Gasteiger partial charge < -0.3 is 20.6 Å². The van der Waals surface area contributed by atoms with Crippen LogP contribution in [0.15, 0.2) is 47.7 Å². The fraction of sp³-hybridized carbons (Fsp3) is 0.524. The van der Waals surface area contributed by atoms with E-state index in [1.807, 2.05) is 20.2 Å². The molecule has 1 saturated heterocycles. The highest BCUT2D eigenvalue weighted by Gasteiger charge is 2.25. The summed E-state index contributed by atoms with van der Waals surface area (Å²) in [5.41, 5.74) is 1.01. The van der Waals surface area contributed by atoms with Gasteiger partial charge in [0.25, 0.3) is 0 Å². The molecular formula is C21H32N6O. The van der Waals surface area contributed by atoms with Crippen molar-refractivity contribution in [3.63, 3.8) is 0 Å². The van der Waals surface area contributed by atoms with E-state index in [1.54, 1.807) is 17.8 Å². The van der Waals surface area contributed by atoms with Crippen molar-refractivity contribution in [1.82, 2.24) is 20.4 Å². The minimum absolute atomic E-state index is 0.273. The van der Waals surface area contributed by atoms with Crippen molar-refractivity contribution in [2.45, 2.75) is 25.9 Å². The molecule has 0 saturated carbocycles. The first-order chi connectivity index (χ1) is 13.5. The van der Waals surface area contributed by atoms with Crippen molar-refractivity contribution < 1.29 is 5.11 Å². The number of nitrogens with one attached hydrogen (secondary N) is 2. The van der Waals surface area contributed by atoms with E-state index in [1.165, 1.54) is 5.69 Å². The lowest BCUT2D eigenvalue weighted by atomic mass is 10.0. The van der Waals surface area contributed by atoms with Gasteiger partial charge in [-0.1, -0.05) is 18.2 Å². The van der Waals surface area contributed by atoms with Crippen LogP contribution in [0.2, 0.25) is 0 Å². The minimum atomic E-state index is -1.05. The molecule has 1 aliphatic heterocycles. The van der Waals surface area contributed by atoms with Gasteiger partial charge in [-0.15, -0.1) is 0 Å². The fourth-order valence-corrected chi connectivity index (χ4v) is 3.48. The second kappa shape index (κ2) is 9.10. The highest BCUT2D eigenvalue weighted by atomic mass is 16.3. The quantitative estimate of drug-likeness (QED) is 0.500. The third kappa shape index (κ3) is 5.25. The Kier molecular flexibility index (Phi) is 6.57. The van der Waals surface area contributed by atoms with Gasteiger partial charge in [0, 0.05) is 50.7 Å². The normalized spacial score (nSPS) is 19.5. The van der Waals surface area contributed by atoms with Crippen molar-refractivity contribution in [2.75, 3.05) is 37.6 Å². The van der Waals surface area contributed by atoms with Gasteiger partial charge in [0.15, 0.2) is 5.96 Å². The number of guanidine groups is 1. The number of aryl methyl sites for hydroxylation is 1. The molecule has 1 aromatic carbocycles. The third-order valence-electron chi connectivity index (χ3n) is 5.18. The summed E-state index contributed by atoms with van der Waals surface area (Å²) in [4.78, 5) is 7.04. The van der Waals surface area contributed by atoms with E-state index in [4.69, 9.17) is 0 Å². The minimum Gasteiger partial charge on any atom is -0.383 e. The lowest BCUT2D eigenvalue weighted by Crippen LogP contribution is -2.41. The number of benzene rings is 1. The van der Waals surface area contributed by atoms with Crippen LogP contribution in [0.25, 0.3) is 0 Å². The zero-order chi connectivity index (χ0) is 20.0. The lowest BCUT2D eigenvalue weighted by molar-refractivity contribution is 0.0672. The first-order valence-corrected chi connectivity index (χ1v) is 10.0. The maximum atomic E-state index is 10.7. The Morgan fingerprint density at radius 2 is 2.11 bits per heavy atom. The number of para-hydroxylation sites is 1. The zero-order valence-electron chi connectivity index (χ0n) is 17.1. The topological polar surface area (TPSA) is 77.7 Å². The summed E-state index contributed by atoms with van der Waals surface area (Å²) in [5, 5.41) is 21.6. The smallest absolute Gasteiger partial charge is 0.191 e. The van der Waals surface area contributed by atoms with E-state index in [2.05, 4.69) is 56.0 Å². The van der Waals surface area contributed by atoms with Crippen LogP contribution in [0, 0.1) is 5.92 Å². The molecule has 2 unspecified atom stereocenters. The SMILES string of the molecule is CCNC(=NCC(C)(O)c1cnn(C)c1)NCC1CCN(c2ccccc2)C1. The largest absolute Gasteiger partial charge is 0.383 e. The Labute approximate surface area is 167 Å². The van der Waals surface area contributed by atoms with Crippen molar-refractivity contribution in [3.05, 3.63) is 48.3 Å². The van der Waals surface area contributed by atoms with Crippen molar-refractivity contribution in [3.8, 4) is 0 Å². The maximum absolute atomic E-state index is 10.7. The molecule has 28 heavy (non-hydrogen) atoms. The molecule has 1 fully saturated rings. The number of hydrogen-bond acceptors (Lipinski definition) is 4. The number of aromatic nitrogens is 2. The van der Waals surface area contributed by atoms with Crippen LogP contribution in [0.1, 0.15) is 25.8 Å². The highest BCUT2D eigenvalue weighted by molar-refractivity contribution is 5.79. The fourth-order valence-electron chi connectivity index (χ4n) is 3.48. The van der Waals surface area contributed by atoms with E-state index in [0.29, 0.717) is 5.92 Å². The summed E-state index contributed by atoms with van der Waals surface area (Å²) in [6.07, 6.45) is 4.67. The number of anilines is 1. The molecule has 2 heterocycles. The van der Waals surface area contributed by atoms with Gasteiger partial charge in [-0.25, -0.2) is 4.99 Å². The second-order valence-electron chi connectivity index (χ2n) is 7.69. The summed E-state index contributed by atoms with van der Waals surface area (Å²) in [6.45, 7) is 7.86. The molecule has 0 spiro atoms. The Morgan fingerprint density at radius 1 is 1.32 bits per heavy atom. The van der Waals surface area contributed by atoms with Crippen molar-refractivity contribution >= 4 is 11.6 Å². The van der Waals surface area contributed by atoms with Gasteiger partial charge in [0.1, 0.15) is 5.60 Å². The van der Waals surface area contributed by atoms with Crippen LogP contribution in [0.5, 0.6) is 0 Å². The Bertz CT molecular complexity index is 770. The second-order valence-corrected chi connectivity index (χ2v) is 7.69. The summed E-state index contributed by atoms with van der Waals surface area (Å²) >= 11 is 0. The van der Waals surface area contributed by atoms with E-state index in [9.17, 15) is 5.11 Å². The molecule has 1 aliphatic rings. The van der Waals surface area contributed by atoms with E-state index < -0.39 is 5.60 Å². The van der Waals surface area contributed by atoms with Gasteiger partial charge in [-0.2, -0.15) is 5.10 Å². The van der Waals surface area contributed by atoms with Gasteiger partial charge >= 0.3 is 0 Å². The lowest BCUT2D eigenvalue weighted by Gasteiger charge is -2.21. The van der Waals surface area contributed by atoms with Crippen molar-refractivity contribution in [1.29, 1.82) is 0 Å². The third-order valence-corrected chi connectivity index (χ3v) is 5.18. The molecule has 0 aliphatic carbocycles. The van der Waals surface area contributed by atoms with Crippen LogP contribution in [-0.4, -0.2) is 53.6 Å². The summed E-state index contributed by atoms with van der Waals surface area (Å²) < 4.78 is 1.69. The molecule has 0 amide bonds. The molecule has 1 aromatic heterocycles. The number of rotatable bonds is 7. The Morgan fingerprint density at radius 3 is 2.79 bits per heavy atom. The number of nitrogens with zero attached hydrogens (tertiary/aromatic N) is 4. The Hall–Kier alpha value is -2.54. The average Bonchev–Trinajstić information content (AvgIpc) is 3.34. The monoisotopic (exact) mass is 384 g/mol. The van der Waals surface area contributed by atoms with Crippen LogP contribution >= 0.6 is 0 Å². The molecule has 7 heteroatoms.